The molecule has 3 aromatic rings. The number of benzene rings is 2. The molecule has 6 nitrogen and oxygen atoms in total. The van der Waals surface area contributed by atoms with E-state index in [1.54, 1.807) is 39.7 Å². The van der Waals surface area contributed by atoms with E-state index < -0.39 is 0 Å². The molecule has 0 bridgehead atoms. The molecule has 1 aromatic heterocycles. The minimum atomic E-state index is -0.155. The molecule has 0 aliphatic carbocycles. The number of hydrogen-bond acceptors (Lipinski definition) is 5. The Morgan fingerprint density at radius 1 is 1.00 bits per heavy atom. The van der Waals surface area contributed by atoms with Gasteiger partial charge < -0.3 is 19.5 Å². The van der Waals surface area contributed by atoms with Gasteiger partial charge >= 0.3 is 0 Å². The third-order valence-corrected chi connectivity index (χ3v) is 4.00. The second kappa shape index (κ2) is 7.74. The molecule has 0 aliphatic rings. The molecule has 0 radical (unpaired) electrons. The lowest BCUT2D eigenvalue weighted by atomic mass is 10.1. The number of ether oxygens (including phenoxy) is 3. The Morgan fingerprint density at radius 2 is 1.69 bits per heavy atom. The van der Waals surface area contributed by atoms with Gasteiger partial charge in [-0.3, -0.25) is 9.78 Å². The number of carbonyl (C=O) groups is 1. The van der Waals surface area contributed by atoms with Crippen LogP contribution < -0.4 is 19.5 Å². The number of hydrogen-bond donors (Lipinski definition) is 1. The SMILES string of the molecule is COc1cc(CC(=O)Nc2cccc3cccnc23)cc(OC)c1OC. The van der Waals surface area contributed by atoms with E-state index in [0.717, 1.165) is 16.5 Å². The third-order valence-electron chi connectivity index (χ3n) is 4.00. The molecule has 3 rings (SSSR count). The van der Waals surface area contributed by atoms with Crippen LogP contribution in [0, 0.1) is 0 Å². The summed E-state index contributed by atoms with van der Waals surface area (Å²) in [4.78, 5) is 16.9. The van der Waals surface area contributed by atoms with Crippen LogP contribution in [-0.2, 0) is 11.2 Å². The maximum absolute atomic E-state index is 12.5. The van der Waals surface area contributed by atoms with Crippen molar-refractivity contribution in [2.45, 2.75) is 6.42 Å². The van der Waals surface area contributed by atoms with Gasteiger partial charge in [0.15, 0.2) is 11.5 Å². The van der Waals surface area contributed by atoms with Gasteiger partial charge in [0.2, 0.25) is 11.7 Å². The zero-order valence-electron chi connectivity index (χ0n) is 14.9. The molecule has 0 unspecified atom stereocenters. The summed E-state index contributed by atoms with van der Waals surface area (Å²) < 4.78 is 16.0. The number of amides is 1. The molecule has 0 saturated carbocycles. The molecule has 0 spiro atoms. The summed E-state index contributed by atoms with van der Waals surface area (Å²) in [5, 5.41) is 3.89. The number of pyridine rings is 1. The lowest BCUT2D eigenvalue weighted by Crippen LogP contribution is -2.15. The van der Waals surface area contributed by atoms with Crippen LogP contribution in [-0.4, -0.2) is 32.2 Å². The van der Waals surface area contributed by atoms with Crippen molar-refractivity contribution in [1.82, 2.24) is 4.98 Å². The highest BCUT2D eigenvalue weighted by Crippen LogP contribution is 2.38. The maximum Gasteiger partial charge on any atom is 0.228 e. The van der Waals surface area contributed by atoms with Gasteiger partial charge in [-0.2, -0.15) is 0 Å². The summed E-state index contributed by atoms with van der Waals surface area (Å²) in [5.41, 5.74) is 2.19. The van der Waals surface area contributed by atoms with Crippen LogP contribution in [0.2, 0.25) is 0 Å². The molecule has 1 N–H and O–H groups in total. The molecule has 2 aromatic carbocycles. The second-order valence-corrected chi connectivity index (χ2v) is 5.64. The first kappa shape index (κ1) is 17.5. The Morgan fingerprint density at radius 3 is 2.35 bits per heavy atom. The predicted octanol–water partition coefficient (Wildman–Crippen LogP) is 3.44. The van der Waals surface area contributed by atoms with Crippen LogP contribution in [0.3, 0.4) is 0 Å². The summed E-state index contributed by atoms with van der Waals surface area (Å²) >= 11 is 0. The molecule has 26 heavy (non-hydrogen) atoms. The largest absolute Gasteiger partial charge is 0.493 e. The Balaban J connectivity index is 1.84. The number of aromatic nitrogens is 1. The van der Waals surface area contributed by atoms with E-state index in [1.165, 1.54) is 0 Å². The topological polar surface area (TPSA) is 69.7 Å². The van der Waals surface area contributed by atoms with E-state index in [0.29, 0.717) is 22.9 Å². The minimum absolute atomic E-state index is 0.155. The Labute approximate surface area is 151 Å². The van der Waals surface area contributed by atoms with Crippen molar-refractivity contribution in [2.24, 2.45) is 0 Å². The molecule has 0 saturated heterocycles. The van der Waals surface area contributed by atoms with Crippen LogP contribution in [0.15, 0.2) is 48.7 Å². The van der Waals surface area contributed by atoms with Crippen LogP contribution in [0.5, 0.6) is 17.2 Å². The number of para-hydroxylation sites is 1. The van der Waals surface area contributed by atoms with Gasteiger partial charge in [-0.15, -0.1) is 0 Å². The van der Waals surface area contributed by atoms with Crippen molar-refractivity contribution >= 4 is 22.5 Å². The summed E-state index contributed by atoms with van der Waals surface area (Å²) in [5.74, 6) is 1.37. The molecular weight excluding hydrogens is 332 g/mol. The van der Waals surface area contributed by atoms with E-state index in [9.17, 15) is 4.79 Å². The molecule has 134 valence electrons. The fourth-order valence-corrected chi connectivity index (χ4v) is 2.82. The monoisotopic (exact) mass is 352 g/mol. The second-order valence-electron chi connectivity index (χ2n) is 5.64. The van der Waals surface area contributed by atoms with Crippen molar-refractivity contribution in [3.8, 4) is 17.2 Å². The van der Waals surface area contributed by atoms with Crippen molar-refractivity contribution in [3.05, 3.63) is 54.2 Å². The molecule has 0 fully saturated rings. The lowest BCUT2D eigenvalue weighted by Gasteiger charge is -2.14. The Hall–Kier alpha value is -3.28. The first-order valence-electron chi connectivity index (χ1n) is 8.08. The van der Waals surface area contributed by atoms with E-state index in [4.69, 9.17) is 14.2 Å². The average Bonchev–Trinajstić information content (AvgIpc) is 2.67. The highest BCUT2D eigenvalue weighted by Gasteiger charge is 2.15. The molecule has 6 heteroatoms. The van der Waals surface area contributed by atoms with Crippen LogP contribution in [0.1, 0.15) is 5.56 Å². The lowest BCUT2D eigenvalue weighted by molar-refractivity contribution is -0.115. The van der Waals surface area contributed by atoms with E-state index in [-0.39, 0.29) is 12.3 Å². The number of anilines is 1. The Kier molecular flexibility index (Phi) is 5.22. The molecular formula is C20H20N2O4. The normalized spacial score (nSPS) is 10.4. The number of nitrogens with one attached hydrogen (secondary N) is 1. The van der Waals surface area contributed by atoms with E-state index in [2.05, 4.69) is 10.3 Å². The zero-order valence-corrected chi connectivity index (χ0v) is 14.9. The number of methoxy groups -OCH3 is 3. The Bertz CT molecular complexity index is 910. The third kappa shape index (κ3) is 3.54. The number of rotatable bonds is 6. The van der Waals surface area contributed by atoms with Gasteiger partial charge in [-0.25, -0.2) is 0 Å². The van der Waals surface area contributed by atoms with Gasteiger partial charge in [0, 0.05) is 11.6 Å². The highest BCUT2D eigenvalue weighted by molar-refractivity contribution is 6.00. The highest BCUT2D eigenvalue weighted by atomic mass is 16.5. The molecule has 1 amide bonds. The quantitative estimate of drug-likeness (QED) is 0.736. The van der Waals surface area contributed by atoms with Crippen molar-refractivity contribution in [1.29, 1.82) is 0 Å². The average molecular weight is 352 g/mol. The van der Waals surface area contributed by atoms with E-state index in [1.807, 2.05) is 30.3 Å². The maximum atomic E-state index is 12.5. The summed E-state index contributed by atoms with van der Waals surface area (Å²) in [6.07, 6.45) is 1.87. The molecule has 0 atom stereocenters. The van der Waals surface area contributed by atoms with Crippen molar-refractivity contribution in [3.63, 3.8) is 0 Å². The number of carbonyl (C=O) groups excluding carboxylic acids is 1. The minimum Gasteiger partial charge on any atom is -0.493 e. The van der Waals surface area contributed by atoms with Crippen molar-refractivity contribution in [2.75, 3.05) is 26.6 Å². The van der Waals surface area contributed by atoms with Gasteiger partial charge in [0.05, 0.1) is 39.0 Å². The van der Waals surface area contributed by atoms with E-state index >= 15 is 0 Å². The van der Waals surface area contributed by atoms with Crippen LogP contribution in [0.4, 0.5) is 5.69 Å². The van der Waals surface area contributed by atoms with Crippen LogP contribution >= 0.6 is 0 Å². The van der Waals surface area contributed by atoms with Gasteiger partial charge in [0.25, 0.3) is 0 Å². The standard InChI is InChI=1S/C20H20N2O4/c1-24-16-10-13(11-17(25-2)20(16)26-3)12-18(23)22-15-8-4-6-14-7-5-9-21-19(14)15/h4-11H,12H2,1-3H3,(H,22,23). The number of nitrogens with zero attached hydrogens (tertiary/aromatic N) is 1. The summed E-state index contributed by atoms with van der Waals surface area (Å²) in [7, 11) is 4.63. The van der Waals surface area contributed by atoms with Crippen LogP contribution in [0.25, 0.3) is 10.9 Å². The first-order valence-corrected chi connectivity index (χ1v) is 8.08. The number of fused-ring (bicyclic) bond motifs is 1. The zero-order chi connectivity index (χ0) is 18.5. The molecule has 1 heterocycles. The summed E-state index contributed by atoms with van der Waals surface area (Å²) in [6, 6.07) is 13.0. The predicted molar refractivity (Wildman–Crippen MR) is 100 cm³/mol. The smallest absolute Gasteiger partial charge is 0.228 e. The first-order chi connectivity index (χ1) is 12.7. The van der Waals surface area contributed by atoms with Gasteiger partial charge in [-0.1, -0.05) is 18.2 Å². The van der Waals surface area contributed by atoms with Gasteiger partial charge in [-0.05, 0) is 29.8 Å². The van der Waals surface area contributed by atoms with Gasteiger partial charge in [0.1, 0.15) is 0 Å². The fraction of sp³-hybridized carbons (Fsp3) is 0.200. The summed E-state index contributed by atoms with van der Waals surface area (Å²) in [6.45, 7) is 0. The fourth-order valence-electron chi connectivity index (χ4n) is 2.82. The van der Waals surface area contributed by atoms with Crippen molar-refractivity contribution < 1.29 is 19.0 Å². The molecule has 0 aliphatic heterocycles.